The molecule has 0 amide bonds. The monoisotopic (exact) mass is 373 g/mol. The SMILES string of the molecule is Cc1cc(Nc2cc(C(F)(F)F)ccc2Cl)nc(NCCN(C)C)n1. The average Bonchev–Trinajstić information content (AvgIpc) is 2.47. The molecule has 0 spiro atoms. The molecule has 1 aromatic heterocycles. The standard InChI is InChI=1S/C16H19ClF3N5/c1-10-8-14(24-15(22-10)21-6-7-25(2)3)23-13-9-11(16(18,19)20)4-5-12(13)17/h4-5,8-9H,6-7H2,1-3H3,(H2,21,22,23,24). The number of aryl methyl sites for hydroxylation is 1. The number of hydrogen-bond donors (Lipinski definition) is 2. The third kappa shape index (κ3) is 5.75. The molecule has 2 aromatic rings. The first-order valence-electron chi connectivity index (χ1n) is 7.53. The zero-order valence-corrected chi connectivity index (χ0v) is 14.8. The topological polar surface area (TPSA) is 53.1 Å². The first-order chi connectivity index (χ1) is 11.6. The maximum absolute atomic E-state index is 12.9. The number of rotatable bonds is 6. The Labute approximate surface area is 149 Å². The second-order valence-corrected chi connectivity index (χ2v) is 6.17. The molecule has 0 aliphatic rings. The van der Waals surface area contributed by atoms with Crippen LogP contribution in [0, 0.1) is 6.92 Å². The Balaban J connectivity index is 2.21. The van der Waals surface area contributed by atoms with E-state index in [2.05, 4.69) is 20.6 Å². The number of nitrogens with zero attached hydrogens (tertiary/aromatic N) is 3. The highest BCUT2D eigenvalue weighted by molar-refractivity contribution is 6.33. The van der Waals surface area contributed by atoms with Crippen LogP contribution in [-0.2, 0) is 6.18 Å². The number of nitrogens with one attached hydrogen (secondary N) is 2. The van der Waals surface area contributed by atoms with Crippen LogP contribution >= 0.6 is 11.6 Å². The summed E-state index contributed by atoms with van der Waals surface area (Å²) < 4.78 is 38.6. The number of hydrogen-bond acceptors (Lipinski definition) is 5. The Morgan fingerprint density at radius 3 is 2.52 bits per heavy atom. The third-order valence-corrected chi connectivity index (χ3v) is 3.58. The first kappa shape index (κ1) is 19.3. The molecular weight excluding hydrogens is 355 g/mol. The van der Waals surface area contributed by atoms with Gasteiger partial charge in [0.25, 0.3) is 0 Å². The summed E-state index contributed by atoms with van der Waals surface area (Å²) in [6, 6.07) is 4.73. The van der Waals surface area contributed by atoms with Crippen LogP contribution in [0.4, 0.5) is 30.6 Å². The van der Waals surface area contributed by atoms with Crippen molar-refractivity contribution in [3.05, 3.63) is 40.5 Å². The normalized spacial score (nSPS) is 11.7. The summed E-state index contributed by atoms with van der Waals surface area (Å²) in [4.78, 5) is 10.5. The molecule has 0 aliphatic carbocycles. The number of anilines is 3. The number of benzene rings is 1. The Hall–Kier alpha value is -2.06. The van der Waals surface area contributed by atoms with E-state index >= 15 is 0 Å². The van der Waals surface area contributed by atoms with E-state index in [0.29, 0.717) is 24.0 Å². The molecule has 0 bridgehead atoms. The summed E-state index contributed by atoms with van der Waals surface area (Å²) in [6.45, 7) is 3.21. The van der Waals surface area contributed by atoms with E-state index in [9.17, 15) is 13.2 Å². The number of aromatic nitrogens is 2. The Bertz CT molecular complexity index is 734. The molecule has 0 fully saturated rings. The molecule has 0 atom stereocenters. The molecule has 0 saturated carbocycles. The summed E-state index contributed by atoms with van der Waals surface area (Å²) >= 11 is 6.00. The molecule has 0 saturated heterocycles. The van der Waals surface area contributed by atoms with Crippen molar-refractivity contribution in [3.63, 3.8) is 0 Å². The lowest BCUT2D eigenvalue weighted by atomic mass is 10.2. The van der Waals surface area contributed by atoms with Crippen LogP contribution in [0.5, 0.6) is 0 Å². The minimum atomic E-state index is -4.44. The van der Waals surface area contributed by atoms with Gasteiger partial charge in [-0.15, -0.1) is 0 Å². The molecular formula is C16H19ClF3N5. The van der Waals surface area contributed by atoms with Gasteiger partial charge < -0.3 is 15.5 Å². The molecule has 0 aliphatic heterocycles. The third-order valence-electron chi connectivity index (χ3n) is 3.25. The van der Waals surface area contributed by atoms with Crippen molar-refractivity contribution >= 4 is 29.1 Å². The second-order valence-electron chi connectivity index (χ2n) is 5.77. The minimum Gasteiger partial charge on any atom is -0.353 e. The summed E-state index contributed by atoms with van der Waals surface area (Å²) in [5.74, 6) is 0.758. The van der Waals surface area contributed by atoms with Gasteiger partial charge in [0.05, 0.1) is 16.3 Å². The molecule has 5 nitrogen and oxygen atoms in total. The molecule has 0 radical (unpaired) electrons. The summed E-state index contributed by atoms with van der Waals surface area (Å²) in [6.07, 6.45) is -4.44. The molecule has 25 heavy (non-hydrogen) atoms. The fourth-order valence-electron chi connectivity index (χ4n) is 2.04. The molecule has 2 rings (SSSR count). The van der Waals surface area contributed by atoms with Crippen molar-refractivity contribution in [2.75, 3.05) is 37.8 Å². The highest BCUT2D eigenvalue weighted by Gasteiger charge is 2.31. The molecule has 0 unspecified atom stereocenters. The zero-order chi connectivity index (χ0) is 18.6. The van der Waals surface area contributed by atoms with Crippen molar-refractivity contribution in [3.8, 4) is 0 Å². The highest BCUT2D eigenvalue weighted by atomic mass is 35.5. The molecule has 136 valence electrons. The van der Waals surface area contributed by atoms with Crippen LogP contribution in [0.2, 0.25) is 5.02 Å². The second kappa shape index (κ2) is 7.88. The number of alkyl halides is 3. The maximum Gasteiger partial charge on any atom is 0.416 e. The van der Waals surface area contributed by atoms with E-state index in [1.807, 2.05) is 19.0 Å². The predicted molar refractivity (Wildman–Crippen MR) is 93.5 cm³/mol. The van der Waals surface area contributed by atoms with Gasteiger partial charge >= 0.3 is 6.18 Å². The lowest BCUT2D eigenvalue weighted by Crippen LogP contribution is -2.21. The van der Waals surface area contributed by atoms with Gasteiger partial charge in [-0.3, -0.25) is 0 Å². The van der Waals surface area contributed by atoms with Crippen molar-refractivity contribution < 1.29 is 13.2 Å². The number of halogens is 4. The van der Waals surface area contributed by atoms with E-state index in [1.165, 1.54) is 6.07 Å². The average molecular weight is 374 g/mol. The first-order valence-corrected chi connectivity index (χ1v) is 7.91. The smallest absolute Gasteiger partial charge is 0.353 e. The van der Waals surface area contributed by atoms with Crippen LogP contribution < -0.4 is 10.6 Å². The molecule has 1 heterocycles. The Morgan fingerprint density at radius 1 is 1.16 bits per heavy atom. The van der Waals surface area contributed by atoms with Gasteiger partial charge in [0.1, 0.15) is 5.82 Å². The van der Waals surface area contributed by atoms with Gasteiger partial charge in [-0.25, -0.2) is 4.98 Å². The predicted octanol–water partition coefficient (Wildman–Crippen LogP) is 4.17. The number of likely N-dealkylation sites (N-methyl/N-ethyl adjacent to an activating group) is 1. The lowest BCUT2D eigenvalue weighted by molar-refractivity contribution is -0.137. The van der Waals surface area contributed by atoms with E-state index in [-0.39, 0.29) is 10.7 Å². The lowest BCUT2D eigenvalue weighted by Gasteiger charge is -2.14. The van der Waals surface area contributed by atoms with Gasteiger partial charge in [0.2, 0.25) is 5.95 Å². The van der Waals surface area contributed by atoms with Crippen LogP contribution in [-0.4, -0.2) is 42.1 Å². The van der Waals surface area contributed by atoms with Crippen LogP contribution in [0.3, 0.4) is 0 Å². The van der Waals surface area contributed by atoms with Crippen molar-refractivity contribution in [1.29, 1.82) is 0 Å². The van der Waals surface area contributed by atoms with Crippen molar-refractivity contribution in [1.82, 2.24) is 14.9 Å². The van der Waals surface area contributed by atoms with Crippen LogP contribution in [0.15, 0.2) is 24.3 Å². The van der Waals surface area contributed by atoms with Gasteiger partial charge in [-0.2, -0.15) is 18.2 Å². The summed E-state index contributed by atoms with van der Waals surface area (Å²) in [5, 5.41) is 6.08. The van der Waals surface area contributed by atoms with Crippen molar-refractivity contribution in [2.24, 2.45) is 0 Å². The summed E-state index contributed by atoms with van der Waals surface area (Å²) in [7, 11) is 3.89. The van der Waals surface area contributed by atoms with Gasteiger partial charge in [-0.05, 0) is 39.2 Å². The van der Waals surface area contributed by atoms with Crippen LogP contribution in [0.25, 0.3) is 0 Å². The fourth-order valence-corrected chi connectivity index (χ4v) is 2.20. The van der Waals surface area contributed by atoms with E-state index in [4.69, 9.17) is 11.6 Å². The molecule has 2 N–H and O–H groups in total. The molecule has 9 heteroatoms. The van der Waals surface area contributed by atoms with Gasteiger partial charge in [0.15, 0.2) is 0 Å². The quantitative estimate of drug-likeness (QED) is 0.795. The van der Waals surface area contributed by atoms with Gasteiger partial charge in [-0.1, -0.05) is 11.6 Å². The van der Waals surface area contributed by atoms with E-state index < -0.39 is 11.7 Å². The van der Waals surface area contributed by atoms with E-state index in [1.54, 1.807) is 13.0 Å². The van der Waals surface area contributed by atoms with Gasteiger partial charge in [0, 0.05) is 24.8 Å². The molecule has 1 aromatic carbocycles. The largest absolute Gasteiger partial charge is 0.416 e. The van der Waals surface area contributed by atoms with Crippen molar-refractivity contribution in [2.45, 2.75) is 13.1 Å². The summed E-state index contributed by atoms with van der Waals surface area (Å²) in [5.41, 5.74) is 0.0243. The maximum atomic E-state index is 12.9. The zero-order valence-electron chi connectivity index (χ0n) is 14.1. The Kier molecular flexibility index (Phi) is 6.07. The highest BCUT2D eigenvalue weighted by Crippen LogP contribution is 2.34. The minimum absolute atomic E-state index is 0.133. The van der Waals surface area contributed by atoms with Crippen LogP contribution in [0.1, 0.15) is 11.3 Å². The fraction of sp³-hybridized carbons (Fsp3) is 0.375. The Morgan fingerprint density at radius 2 is 1.88 bits per heavy atom. The van der Waals surface area contributed by atoms with E-state index in [0.717, 1.165) is 18.7 Å².